The first kappa shape index (κ1) is 17.7. The Labute approximate surface area is 143 Å². The van der Waals surface area contributed by atoms with Gasteiger partial charge in [-0.1, -0.05) is 23.7 Å². The van der Waals surface area contributed by atoms with Gasteiger partial charge in [-0.3, -0.25) is 9.59 Å². The van der Waals surface area contributed by atoms with Crippen molar-refractivity contribution in [1.82, 2.24) is 5.32 Å². The Kier molecular flexibility index (Phi) is 6.14. The van der Waals surface area contributed by atoms with E-state index in [-0.39, 0.29) is 12.3 Å². The minimum atomic E-state index is -0.842. The van der Waals surface area contributed by atoms with Gasteiger partial charge in [0.25, 0.3) is 5.91 Å². The standard InChI is InChI=1S/C17H16ClFN2O3/c1-11(17(23)21-15-5-3-2-4-14(15)19)20-16(22)10-24-13-8-6-12(18)7-9-13/h2-9,11H,10H2,1H3,(H,20,22)(H,21,23). The van der Waals surface area contributed by atoms with Crippen LogP contribution in [0.4, 0.5) is 10.1 Å². The van der Waals surface area contributed by atoms with Crippen LogP contribution in [0.3, 0.4) is 0 Å². The number of carbonyl (C=O) groups excluding carboxylic acids is 2. The zero-order valence-corrected chi connectivity index (χ0v) is 13.6. The second kappa shape index (κ2) is 8.31. The van der Waals surface area contributed by atoms with E-state index in [9.17, 15) is 14.0 Å². The van der Waals surface area contributed by atoms with Crippen LogP contribution in [0, 0.1) is 5.82 Å². The van der Waals surface area contributed by atoms with Crippen LogP contribution in [0.25, 0.3) is 0 Å². The Hall–Kier alpha value is -2.60. The average Bonchev–Trinajstić information content (AvgIpc) is 2.56. The molecule has 2 aromatic rings. The lowest BCUT2D eigenvalue weighted by Gasteiger charge is -2.15. The van der Waals surface area contributed by atoms with E-state index in [0.29, 0.717) is 10.8 Å². The monoisotopic (exact) mass is 350 g/mol. The summed E-state index contributed by atoms with van der Waals surface area (Å²) in [7, 11) is 0. The SMILES string of the molecule is CC(NC(=O)COc1ccc(Cl)cc1)C(=O)Nc1ccccc1F. The number of hydrogen-bond acceptors (Lipinski definition) is 3. The molecule has 0 saturated carbocycles. The molecule has 0 heterocycles. The molecule has 0 aliphatic heterocycles. The lowest BCUT2D eigenvalue weighted by molar-refractivity contribution is -0.127. The predicted octanol–water partition coefficient (Wildman–Crippen LogP) is 3.00. The Bertz CT molecular complexity index is 722. The third-order valence-electron chi connectivity index (χ3n) is 3.09. The molecule has 0 aliphatic carbocycles. The zero-order valence-electron chi connectivity index (χ0n) is 12.9. The summed E-state index contributed by atoms with van der Waals surface area (Å²) in [6.07, 6.45) is 0. The minimum Gasteiger partial charge on any atom is -0.484 e. The first-order valence-corrected chi connectivity index (χ1v) is 7.56. The van der Waals surface area contributed by atoms with Gasteiger partial charge in [-0.2, -0.15) is 0 Å². The number of ether oxygens (including phenoxy) is 1. The maximum atomic E-state index is 13.5. The molecule has 0 spiro atoms. The fourth-order valence-electron chi connectivity index (χ4n) is 1.83. The molecule has 0 bridgehead atoms. The molecule has 126 valence electrons. The molecular formula is C17H16ClFN2O3. The van der Waals surface area contributed by atoms with Crippen molar-refractivity contribution in [2.75, 3.05) is 11.9 Å². The summed E-state index contributed by atoms with van der Waals surface area (Å²) in [6, 6.07) is 11.5. The van der Waals surface area contributed by atoms with Gasteiger partial charge in [0, 0.05) is 5.02 Å². The fraction of sp³-hybridized carbons (Fsp3) is 0.176. The van der Waals surface area contributed by atoms with Gasteiger partial charge in [0.15, 0.2) is 6.61 Å². The number of carbonyl (C=O) groups is 2. The molecule has 0 aromatic heterocycles. The summed E-state index contributed by atoms with van der Waals surface area (Å²) in [6.45, 7) is 1.25. The molecule has 2 N–H and O–H groups in total. The fourth-order valence-corrected chi connectivity index (χ4v) is 1.96. The van der Waals surface area contributed by atoms with E-state index in [0.717, 1.165) is 0 Å². The number of rotatable bonds is 6. The molecule has 1 unspecified atom stereocenters. The van der Waals surface area contributed by atoms with Crippen LogP contribution in [-0.4, -0.2) is 24.5 Å². The van der Waals surface area contributed by atoms with E-state index in [1.807, 2.05) is 0 Å². The van der Waals surface area contributed by atoms with E-state index < -0.39 is 23.7 Å². The first-order valence-electron chi connectivity index (χ1n) is 7.19. The number of halogens is 2. The van der Waals surface area contributed by atoms with Crippen LogP contribution < -0.4 is 15.4 Å². The third kappa shape index (κ3) is 5.24. The summed E-state index contributed by atoms with van der Waals surface area (Å²) < 4.78 is 18.8. The van der Waals surface area contributed by atoms with Crippen molar-refractivity contribution in [2.45, 2.75) is 13.0 Å². The largest absolute Gasteiger partial charge is 0.484 e. The number of amides is 2. The summed E-state index contributed by atoms with van der Waals surface area (Å²) in [4.78, 5) is 23.8. The van der Waals surface area contributed by atoms with Gasteiger partial charge in [0.05, 0.1) is 5.69 Å². The first-order chi connectivity index (χ1) is 11.5. The van der Waals surface area contributed by atoms with Crippen LogP contribution in [0.2, 0.25) is 5.02 Å². The van der Waals surface area contributed by atoms with Crippen molar-refractivity contribution in [2.24, 2.45) is 0 Å². The normalized spacial score (nSPS) is 11.5. The van der Waals surface area contributed by atoms with Gasteiger partial charge in [0.2, 0.25) is 5.91 Å². The average molecular weight is 351 g/mol. The highest BCUT2D eigenvalue weighted by Crippen LogP contribution is 2.15. The molecule has 1 atom stereocenters. The van der Waals surface area contributed by atoms with E-state index >= 15 is 0 Å². The molecule has 2 amide bonds. The van der Waals surface area contributed by atoms with Gasteiger partial charge < -0.3 is 15.4 Å². The molecule has 0 radical (unpaired) electrons. The number of para-hydroxylation sites is 1. The minimum absolute atomic E-state index is 0.0565. The molecule has 0 aliphatic rings. The van der Waals surface area contributed by atoms with Crippen LogP contribution in [0.5, 0.6) is 5.75 Å². The third-order valence-corrected chi connectivity index (χ3v) is 3.34. The summed E-state index contributed by atoms with van der Waals surface area (Å²) in [5.74, 6) is -1.06. The van der Waals surface area contributed by atoms with Gasteiger partial charge in [-0.05, 0) is 43.3 Å². The highest BCUT2D eigenvalue weighted by molar-refractivity contribution is 6.30. The Morgan fingerprint density at radius 2 is 1.83 bits per heavy atom. The van der Waals surface area contributed by atoms with Crippen molar-refractivity contribution in [3.8, 4) is 5.75 Å². The quantitative estimate of drug-likeness (QED) is 0.841. The second-order valence-electron chi connectivity index (χ2n) is 5.00. The van der Waals surface area contributed by atoms with Crippen molar-refractivity contribution >= 4 is 29.1 Å². The molecule has 2 rings (SSSR count). The highest BCUT2D eigenvalue weighted by Gasteiger charge is 2.17. The van der Waals surface area contributed by atoms with Crippen molar-refractivity contribution < 1.29 is 18.7 Å². The lowest BCUT2D eigenvalue weighted by atomic mass is 10.2. The van der Waals surface area contributed by atoms with Crippen LogP contribution in [0.1, 0.15) is 6.92 Å². The summed E-state index contributed by atoms with van der Waals surface area (Å²) >= 11 is 5.75. The van der Waals surface area contributed by atoms with Gasteiger partial charge in [-0.15, -0.1) is 0 Å². The van der Waals surface area contributed by atoms with E-state index in [4.69, 9.17) is 16.3 Å². The summed E-state index contributed by atoms with van der Waals surface area (Å²) in [5, 5.41) is 5.45. The number of nitrogens with one attached hydrogen (secondary N) is 2. The molecule has 5 nitrogen and oxygen atoms in total. The van der Waals surface area contributed by atoms with Crippen molar-refractivity contribution in [3.05, 3.63) is 59.4 Å². The number of anilines is 1. The van der Waals surface area contributed by atoms with E-state index in [1.54, 1.807) is 30.3 Å². The van der Waals surface area contributed by atoms with Crippen LogP contribution in [0.15, 0.2) is 48.5 Å². The summed E-state index contributed by atoms with van der Waals surface area (Å²) in [5.41, 5.74) is 0.0565. The zero-order chi connectivity index (χ0) is 17.5. The molecule has 24 heavy (non-hydrogen) atoms. The number of hydrogen-bond donors (Lipinski definition) is 2. The van der Waals surface area contributed by atoms with Gasteiger partial charge in [0.1, 0.15) is 17.6 Å². The lowest BCUT2D eigenvalue weighted by Crippen LogP contribution is -2.43. The van der Waals surface area contributed by atoms with Crippen molar-refractivity contribution in [1.29, 1.82) is 0 Å². The Morgan fingerprint density at radius 3 is 2.50 bits per heavy atom. The Balaban J connectivity index is 1.81. The van der Waals surface area contributed by atoms with Crippen LogP contribution in [-0.2, 0) is 9.59 Å². The Morgan fingerprint density at radius 1 is 1.17 bits per heavy atom. The molecule has 0 saturated heterocycles. The maximum absolute atomic E-state index is 13.5. The highest BCUT2D eigenvalue weighted by atomic mass is 35.5. The number of benzene rings is 2. The molecule has 0 fully saturated rings. The van der Waals surface area contributed by atoms with Gasteiger partial charge in [-0.25, -0.2) is 4.39 Å². The molecule has 7 heteroatoms. The predicted molar refractivity (Wildman–Crippen MR) is 89.6 cm³/mol. The smallest absolute Gasteiger partial charge is 0.258 e. The molecular weight excluding hydrogens is 335 g/mol. The van der Waals surface area contributed by atoms with Gasteiger partial charge >= 0.3 is 0 Å². The van der Waals surface area contributed by atoms with E-state index in [1.165, 1.54) is 25.1 Å². The van der Waals surface area contributed by atoms with Crippen LogP contribution >= 0.6 is 11.6 Å². The van der Waals surface area contributed by atoms with Crippen molar-refractivity contribution in [3.63, 3.8) is 0 Å². The maximum Gasteiger partial charge on any atom is 0.258 e. The van der Waals surface area contributed by atoms with E-state index in [2.05, 4.69) is 10.6 Å². The second-order valence-corrected chi connectivity index (χ2v) is 5.44. The molecule has 2 aromatic carbocycles. The topological polar surface area (TPSA) is 67.4 Å².